The number of aromatic nitrogens is 1. The van der Waals surface area contributed by atoms with Crippen molar-refractivity contribution in [3.8, 4) is 5.69 Å². The summed E-state index contributed by atoms with van der Waals surface area (Å²) in [6, 6.07) is 18.1. The normalized spacial score (nSPS) is 12.0. The van der Waals surface area contributed by atoms with Crippen LogP contribution in [0.3, 0.4) is 0 Å². The van der Waals surface area contributed by atoms with Crippen LogP contribution in [0.15, 0.2) is 73.1 Å². The van der Waals surface area contributed by atoms with Gasteiger partial charge in [0.25, 0.3) is 0 Å². The predicted octanol–water partition coefficient (Wildman–Crippen LogP) is 4.38. The molecule has 3 nitrogen and oxygen atoms in total. The molecule has 0 saturated heterocycles. The topological polar surface area (TPSA) is 25.2 Å². The third-order valence-electron chi connectivity index (χ3n) is 4.52. The second kappa shape index (κ2) is 7.34. The van der Waals surface area contributed by atoms with E-state index in [1.807, 2.05) is 60.3 Å². The molecule has 0 spiro atoms. The summed E-state index contributed by atoms with van der Waals surface area (Å²) in [5, 5.41) is 0. The Bertz CT molecular complexity index is 823. The highest BCUT2D eigenvalue weighted by molar-refractivity contribution is 5.79. The van der Waals surface area contributed by atoms with Crippen LogP contribution < -0.4 is 0 Å². The standard InChI is InChI=1S/C21H21FN2O/c1-16(18-7-9-19(22)10-8-18)23(2)21(25)15-17-5-11-20(12-6-17)24-13-3-4-14-24/h3-14,16H,15H2,1-2H3/t16-/m1/s1. The molecule has 0 radical (unpaired) electrons. The van der Waals surface area contributed by atoms with Crippen molar-refractivity contribution in [1.29, 1.82) is 0 Å². The van der Waals surface area contributed by atoms with Crippen molar-refractivity contribution in [2.24, 2.45) is 0 Å². The number of nitrogens with zero attached hydrogens (tertiary/aromatic N) is 2. The first-order chi connectivity index (χ1) is 12.0. The Labute approximate surface area is 147 Å². The van der Waals surface area contributed by atoms with E-state index in [0.29, 0.717) is 6.42 Å². The summed E-state index contributed by atoms with van der Waals surface area (Å²) in [6.45, 7) is 1.94. The van der Waals surface area contributed by atoms with Crippen LogP contribution in [0.2, 0.25) is 0 Å². The van der Waals surface area contributed by atoms with Crippen LogP contribution in [0.1, 0.15) is 24.1 Å². The molecule has 1 aromatic heterocycles. The first-order valence-electron chi connectivity index (χ1n) is 8.28. The molecule has 128 valence electrons. The van der Waals surface area contributed by atoms with Gasteiger partial charge in [-0.1, -0.05) is 24.3 Å². The SMILES string of the molecule is C[C@H](c1ccc(F)cc1)N(C)C(=O)Cc1ccc(-n2cccc2)cc1. The van der Waals surface area contributed by atoms with E-state index in [2.05, 4.69) is 0 Å². The van der Waals surface area contributed by atoms with Crippen molar-refractivity contribution in [1.82, 2.24) is 9.47 Å². The zero-order chi connectivity index (χ0) is 17.8. The molecule has 0 unspecified atom stereocenters. The Balaban J connectivity index is 1.65. The number of hydrogen-bond acceptors (Lipinski definition) is 1. The zero-order valence-electron chi connectivity index (χ0n) is 14.4. The van der Waals surface area contributed by atoms with E-state index >= 15 is 0 Å². The molecule has 1 heterocycles. The van der Waals surface area contributed by atoms with Crippen LogP contribution in [-0.2, 0) is 11.2 Å². The number of likely N-dealkylation sites (N-methyl/N-ethyl adjacent to an activating group) is 1. The molecular weight excluding hydrogens is 315 g/mol. The smallest absolute Gasteiger partial charge is 0.227 e. The number of carbonyl (C=O) groups is 1. The first-order valence-corrected chi connectivity index (χ1v) is 8.28. The van der Waals surface area contributed by atoms with Gasteiger partial charge in [0.05, 0.1) is 12.5 Å². The Hall–Kier alpha value is -2.88. The van der Waals surface area contributed by atoms with Crippen molar-refractivity contribution in [3.05, 3.63) is 90.0 Å². The van der Waals surface area contributed by atoms with Crippen LogP contribution >= 0.6 is 0 Å². The molecule has 1 amide bonds. The fourth-order valence-corrected chi connectivity index (χ4v) is 2.77. The number of halogens is 1. The van der Waals surface area contributed by atoms with Gasteiger partial charge in [0, 0.05) is 25.1 Å². The third kappa shape index (κ3) is 3.97. The lowest BCUT2D eigenvalue weighted by Gasteiger charge is -2.25. The van der Waals surface area contributed by atoms with E-state index in [1.165, 1.54) is 12.1 Å². The molecule has 0 bridgehead atoms. The van der Waals surface area contributed by atoms with Crippen molar-refractivity contribution in [3.63, 3.8) is 0 Å². The van der Waals surface area contributed by atoms with Crippen LogP contribution in [0.25, 0.3) is 5.69 Å². The molecule has 0 saturated carbocycles. The molecule has 4 heteroatoms. The minimum atomic E-state index is -0.271. The lowest BCUT2D eigenvalue weighted by molar-refractivity contribution is -0.131. The van der Waals surface area contributed by atoms with Crippen molar-refractivity contribution >= 4 is 5.91 Å². The van der Waals surface area contributed by atoms with E-state index in [9.17, 15) is 9.18 Å². The average molecular weight is 336 g/mol. The van der Waals surface area contributed by atoms with Gasteiger partial charge in [0.1, 0.15) is 5.82 Å². The largest absolute Gasteiger partial charge is 0.339 e. The maximum Gasteiger partial charge on any atom is 0.227 e. The average Bonchev–Trinajstić information content (AvgIpc) is 3.16. The zero-order valence-corrected chi connectivity index (χ0v) is 14.4. The maximum absolute atomic E-state index is 13.0. The van der Waals surface area contributed by atoms with Gasteiger partial charge in [0.2, 0.25) is 5.91 Å². The molecule has 1 atom stereocenters. The Kier molecular flexibility index (Phi) is 4.98. The van der Waals surface area contributed by atoms with E-state index in [1.54, 1.807) is 24.1 Å². The molecular formula is C21H21FN2O. The van der Waals surface area contributed by atoms with Gasteiger partial charge in [0.15, 0.2) is 0 Å². The quantitative estimate of drug-likeness (QED) is 0.679. The highest BCUT2D eigenvalue weighted by Gasteiger charge is 2.17. The maximum atomic E-state index is 13.0. The summed E-state index contributed by atoms with van der Waals surface area (Å²) in [5.41, 5.74) is 2.95. The monoisotopic (exact) mass is 336 g/mol. The summed E-state index contributed by atoms with van der Waals surface area (Å²) in [6.07, 6.45) is 4.31. The van der Waals surface area contributed by atoms with Crippen LogP contribution in [0.4, 0.5) is 4.39 Å². The number of benzene rings is 2. The van der Waals surface area contributed by atoms with E-state index < -0.39 is 0 Å². The highest BCUT2D eigenvalue weighted by Crippen LogP contribution is 2.20. The molecule has 0 aliphatic carbocycles. The van der Waals surface area contributed by atoms with Crippen LogP contribution in [0, 0.1) is 5.82 Å². The Morgan fingerprint density at radius 3 is 2.24 bits per heavy atom. The van der Waals surface area contributed by atoms with Crippen molar-refractivity contribution < 1.29 is 9.18 Å². The van der Waals surface area contributed by atoms with Gasteiger partial charge in [-0.2, -0.15) is 0 Å². The van der Waals surface area contributed by atoms with Gasteiger partial charge in [-0.25, -0.2) is 4.39 Å². The van der Waals surface area contributed by atoms with E-state index in [-0.39, 0.29) is 17.8 Å². The van der Waals surface area contributed by atoms with Gasteiger partial charge >= 0.3 is 0 Å². The molecule has 0 aliphatic rings. The molecule has 3 aromatic rings. The molecule has 0 fully saturated rings. The first kappa shape index (κ1) is 17.0. The second-order valence-electron chi connectivity index (χ2n) is 6.17. The minimum absolute atomic E-state index is 0.0329. The Morgan fingerprint density at radius 1 is 1.04 bits per heavy atom. The summed E-state index contributed by atoms with van der Waals surface area (Å²) < 4.78 is 15.1. The lowest BCUT2D eigenvalue weighted by Crippen LogP contribution is -2.30. The van der Waals surface area contributed by atoms with Gasteiger partial charge in [-0.15, -0.1) is 0 Å². The van der Waals surface area contributed by atoms with Gasteiger partial charge < -0.3 is 9.47 Å². The Morgan fingerprint density at radius 2 is 1.64 bits per heavy atom. The van der Waals surface area contributed by atoms with Crippen LogP contribution in [0.5, 0.6) is 0 Å². The molecule has 25 heavy (non-hydrogen) atoms. The van der Waals surface area contributed by atoms with Crippen LogP contribution in [-0.4, -0.2) is 22.4 Å². The minimum Gasteiger partial charge on any atom is -0.339 e. The summed E-state index contributed by atoms with van der Waals surface area (Å²) in [4.78, 5) is 14.3. The van der Waals surface area contributed by atoms with E-state index in [4.69, 9.17) is 0 Å². The molecule has 0 N–H and O–H groups in total. The fraction of sp³-hybridized carbons (Fsp3) is 0.190. The van der Waals surface area contributed by atoms with Gasteiger partial charge in [-0.05, 0) is 54.4 Å². The number of carbonyl (C=O) groups excluding carboxylic acids is 1. The molecule has 0 aliphatic heterocycles. The lowest BCUT2D eigenvalue weighted by atomic mass is 10.1. The van der Waals surface area contributed by atoms with Crippen molar-refractivity contribution in [2.75, 3.05) is 7.05 Å². The van der Waals surface area contributed by atoms with E-state index in [0.717, 1.165) is 16.8 Å². The second-order valence-corrected chi connectivity index (χ2v) is 6.17. The summed E-state index contributed by atoms with van der Waals surface area (Å²) in [5.74, 6) is -0.238. The summed E-state index contributed by atoms with van der Waals surface area (Å²) >= 11 is 0. The molecule has 2 aromatic carbocycles. The number of amides is 1. The predicted molar refractivity (Wildman–Crippen MR) is 97.1 cm³/mol. The molecule has 3 rings (SSSR count). The van der Waals surface area contributed by atoms with Gasteiger partial charge in [-0.3, -0.25) is 4.79 Å². The summed E-state index contributed by atoms with van der Waals surface area (Å²) in [7, 11) is 1.78. The highest BCUT2D eigenvalue weighted by atomic mass is 19.1. The third-order valence-corrected chi connectivity index (χ3v) is 4.52. The fourth-order valence-electron chi connectivity index (χ4n) is 2.77. The number of hydrogen-bond donors (Lipinski definition) is 0. The van der Waals surface area contributed by atoms with Crippen molar-refractivity contribution in [2.45, 2.75) is 19.4 Å². The number of rotatable bonds is 5.